The quantitative estimate of drug-likeness (QED) is 0.625. The highest BCUT2D eigenvalue weighted by molar-refractivity contribution is 5.75. The molecule has 0 radical (unpaired) electrons. The van der Waals surface area contributed by atoms with Crippen LogP contribution in [-0.4, -0.2) is 34.0 Å². The van der Waals surface area contributed by atoms with E-state index in [1.165, 1.54) is 43.2 Å². The van der Waals surface area contributed by atoms with Gasteiger partial charge in [0, 0.05) is 37.4 Å². The fourth-order valence-electron chi connectivity index (χ4n) is 4.15. The van der Waals surface area contributed by atoms with Gasteiger partial charge in [-0.2, -0.15) is 4.98 Å². The first kappa shape index (κ1) is 23.5. The minimum atomic E-state index is -0.127. The number of carbonyl (C=O) groups excluding carboxylic acids is 1. The monoisotopic (exact) mass is 426 g/mol. The molecule has 31 heavy (non-hydrogen) atoms. The summed E-state index contributed by atoms with van der Waals surface area (Å²) in [7, 11) is 2.23. The maximum Gasteiger partial charge on any atom is 0.226 e. The van der Waals surface area contributed by atoms with Crippen molar-refractivity contribution in [3.63, 3.8) is 0 Å². The molecule has 2 aromatic rings. The highest BCUT2D eigenvalue weighted by Gasteiger charge is 2.21. The van der Waals surface area contributed by atoms with Crippen LogP contribution < -0.4 is 5.32 Å². The van der Waals surface area contributed by atoms with Crippen molar-refractivity contribution in [2.45, 2.75) is 96.7 Å². The van der Waals surface area contributed by atoms with Crippen LogP contribution in [-0.2, 0) is 29.7 Å². The van der Waals surface area contributed by atoms with Gasteiger partial charge in [0.05, 0.1) is 0 Å². The Morgan fingerprint density at radius 1 is 1.16 bits per heavy atom. The summed E-state index contributed by atoms with van der Waals surface area (Å²) in [6, 6.07) is 9.12. The number of aromatic nitrogens is 2. The molecule has 0 atom stereocenters. The Morgan fingerprint density at radius 2 is 1.87 bits per heavy atom. The van der Waals surface area contributed by atoms with Gasteiger partial charge in [0.2, 0.25) is 11.8 Å². The molecule has 170 valence electrons. The zero-order chi connectivity index (χ0) is 22.3. The zero-order valence-electron chi connectivity index (χ0n) is 19.6. The third-order valence-corrected chi connectivity index (χ3v) is 6.15. The predicted molar refractivity (Wildman–Crippen MR) is 123 cm³/mol. The molecule has 1 aliphatic carbocycles. The topological polar surface area (TPSA) is 71.3 Å². The van der Waals surface area contributed by atoms with Crippen molar-refractivity contribution in [1.29, 1.82) is 0 Å². The van der Waals surface area contributed by atoms with Crippen LogP contribution in [0.15, 0.2) is 28.8 Å². The van der Waals surface area contributed by atoms with Crippen molar-refractivity contribution in [3.05, 3.63) is 47.1 Å². The summed E-state index contributed by atoms with van der Waals surface area (Å²) in [5.74, 6) is 1.38. The van der Waals surface area contributed by atoms with E-state index in [1.807, 2.05) is 6.07 Å². The lowest BCUT2D eigenvalue weighted by atomic mass is 9.94. The van der Waals surface area contributed by atoms with Crippen molar-refractivity contribution in [1.82, 2.24) is 20.4 Å². The number of nitrogens with one attached hydrogen (secondary N) is 1. The van der Waals surface area contributed by atoms with Gasteiger partial charge in [0.15, 0.2) is 5.82 Å². The number of aryl methyl sites for hydroxylation is 1. The second kappa shape index (κ2) is 10.9. The van der Waals surface area contributed by atoms with Crippen molar-refractivity contribution >= 4 is 5.91 Å². The van der Waals surface area contributed by atoms with Gasteiger partial charge in [0.1, 0.15) is 0 Å². The molecule has 0 aliphatic heterocycles. The van der Waals surface area contributed by atoms with Gasteiger partial charge in [-0.25, -0.2) is 0 Å². The molecule has 1 amide bonds. The van der Waals surface area contributed by atoms with Crippen LogP contribution in [0.5, 0.6) is 0 Å². The molecule has 1 aliphatic rings. The standard InChI is InChI=1S/C25H38N4O2/c1-25(2,3)24-27-23(31-28-24)16-10-15-22(30)26-17-19-11-8-9-12-20(19)18-29(4)21-13-6-5-7-14-21/h8-9,11-12,21H,5-7,10,13-18H2,1-4H3,(H,26,30). The Hall–Kier alpha value is -2.21. The lowest BCUT2D eigenvalue weighted by Crippen LogP contribution is -2.33. The number of nitrogens with zero attached hydrogens (tertiary/aromatic N) is 3. The second-order valence-electron chi connectivity index (χ2n) is 9.87. The number of benzene rings is 1. The van der Waals surface area contributed by atoms with Crippen molar-refractivity contribution < 1.29 is 9.32 Å². The fraction of sp³-hybridized carbons (Fsp3) is 0.640. The van der Waals surface area contributed by atoms with Crippen LogP contribution in [0, 0.1) is 0 Å². The van der Waals surface area contributed by atoms with Crippen LogP contribution >= 0.6 is 0 Å². The fourth-order valence-corrected chi connectivity index (χ4v) is 4.15. The van der Waals surface area contributed by atoms with Crippen molar-refractivity contribution in [3.8, 4) is 0 Å². The van der Waals surface area contributed by atoms with E-state index in [2.05, 4.69) is 66.4 Å². The molecular formula is C25H38N4O2. The van der Waals surface area contributed by atoms with Crippen LogP contribution in [0.2, 0.25) is 0 Å². The highest BCUT2D eigenvalue weighted by Crippen LogP contribution is 2.23. The summed E-state index contributed by atoms with van der Waals surface area (Å²) in [6.07, 6.45) is 8.43. The summed E-state index contributed by atoms with van der Waals surface area (Å²) < 4.78 is 5.31. The lowest BCUT2D eigenvalue weighted by molar-refractivity contribution is -0.121. The molecule has 1 heterocycles. The predicted octanol–water partition coefficient (Wildman–Crippen LogP) is 4.77. The summed E-state index contributed by atoms with van der Waals surface area (Å²) in [4.78, 5) is 19.3. The molecule has 1 fully saturated rings. The van der Waals surface area contributed by atoms with Crippen molar-refractivity contribution in [2.24, 2.45) is 0 Å². The summed E-state index contributed by atoms with van der Waals surface area (Å²) >= 11 is 0. The molecule has 1 N–H and O–H groups in total. The van der Waals surface area contributed by atoms with Gasteiger partial charge >= 0.3 is 0 Å². The Bertz CT molecular complexity index is 834. The maximum atomic E-state index is 12.4. The molecule has 0 saturated heterocycles. The summed E-state index contributed by atoms with van der Waals surface area (Å²) in [5, 5.41) is 7.12. The largest absolute Gasteiger partial charge is 0.352 e. The van der Waals surface area contributed by atoms with Crippen molar-refractivity contribution in [2.75, 3.05) is 7.05 Å². The average molecular weight is 427 g/mol. The summed E-state index contributed by atoms with van der Waals surface area (Å²) in [5.41, 5.74) is 2.37. The van der Waals surface area contributed by atoms with E-state index < -0.39 is 0 Å². The third-order valence-electron chi connectivity index (χ3n) is 6.15. The number of rotatable bonds is 9. The molecule has 1 saturated carbocycles. The van der Waals surface area contributed by atoms with Crippen LogP contribution in [0.25, 0.3) is 0 Å². The van der Waals surface area contributed by atoms with E-state index in [1.54, 1.807) is 0 Å². The van der Waals surface area contributed by atoms with Crippen LogP contribution in [0.4, 0.5) is 0 Å². The lowest BCUT2D eigenvalue weighted by Gasteiger charge is -2.31. The Kier molecular flexibility index (Phi) is 8.24. The Balaban J connectivity index is 1.44. The molecule has 0 spiro atoms. The van der Waals surface area contributed by atoms with Gasteiger partial charge in [-0.1, -0.05) is 69.5 Å². The van der Waals surface area contributed by atoms with Gasteiger partial charge in [-0.15, -0.1) is 0 Å². The van der Waals surface area contributed by atoms with E-state index >= 15 is 0 Å². The van der Waals surface area contributed by atoms with Gasteiger partial charge < -0.3 is 9.84 Å². The van der Waals surface area contributed by atoms with E-state index in [4.69, 9.17) is 4.52 Å². The van der Waals surface area contributed by atoms with Gasteiger partial charge in [-0.3, -0.25) is 9.69 Å². The summed E-state index contributed by atoms with van der Waals surface area (Å²) in [6.45, 7) is 7.67. The zero-order valence-corrected chi connectivity index (χ0v) is 19.6. The molecule has 6 heteroatoms. The van der Waals surface area contributed by atoms with Gasteiger partial charge in [-0.05, 0) is 37.4 Å². The minimum absolute atomic E-state index is 0.0611. The SMILES string of the molecule is CN(Cc1ccccc1CNC(=O)CCCc1nc(C(C)(C)C)no1)C1CCCCC1. The Labute approximate surface area is 186 Å². The molecule has 0 bridgehead atoms. The molecule has 6 nitrogen and oxygen atoms in total. The number of hydrogen-bond donors (Lipinski definition) is 1. The van der Waals surface area contributed by atoms with E-state index in [0.717, 1.165) is 6.54 Å². The van der Waals surface area contributed by atoms with Gasteiger partial charge in [0.25, 0.3) is 0 Å². The molecular weight excluding hydrogens is 388 g/mol. The maximum absolute atomic E-state index is 12.4. The molecule has 1 aromatic heterocycles. The minimum Gasteiger partial charge on any atom is -0.352 e. The van der Waals surface area contributed by atoms with Crippen LogP contribution in [0.3, 0.4) is 0 Å². The second-order valence-corrected chi connectivity index (χ2v) is 9.87. The van der Waals surface area contributed by atoms with E-state index in [0.29, 0.717) is 43.6 Å². The first-order valence-corrected chi connectivity index (χ1v) is 11.7. The molecule has 0 unspecified atom stereocenters. The third kappa shape index (κ3) is 7.17. The first-order chi connectivity index (χ1) is 14.8. The Morgan fingerprint density at radius 3 is 2.55 bits per heavy atom. The first-order valence-electron chi connectivity index (χ1n) is 11.7. The molecule has 1 aromatic carbocycles. The number of carbonyl (C=O) groups is 1. The number of amides is 1. The average Bonchev–Trinajstić information content (AvgIpc) is 3.23. The van der Waals surface area contributed by atoms with Crippen LogP contribution in [0.1, 0.15) is 88.6 Å². The highest BCUT2D eigenvalue weighted by atomic mass is 16.5. The van der Waals surface area contributed by atoms with E-state index in [-0.39, 0.29) is 11.3 Å². The number of hydrogen-bond acceptors (Lipinski definition) is 5. The smallest absolute Gasteiger partial charge is 0.226 e. The van der Waals surface area contributed by atoms with E-state index in [9.17, 15) is 4.79 Å². The molecule has 3 rings (SSSR count). The normalized spacial score (nSPS) is 15.4.